The minimum absolute atomic E-state index is 0.0467. The lowest BCUT2D eigenvalue weighted by Gasteiger charge is -2.07. The molecule has 1 aromatic carbocycles. The zero-order valence-electron chi connectivity index (χ0n) is 10.8. The Balaban J connectivity index is 2.63. The Labute approximate surface area is 109 Å². The summed E-state index contributed by atoms with van der Waals surface area (Å²) in [5.41, 5.74) is 6.92. The summed E-state index contributed by atoms with van der Waals surface area (Å²) in [5.74, 6) is 5.80. The lowest BCUT2D eigenvalue weighted by atomic mass is 10.1. The third-order valence-electron chi connectivity index (χ3n) is 2.53. The van der Waals surface area contributed by atoms with Crippen molar-refractivity contribution in [2.24, 2.45) is 5.73 Å². The molecule has 18 heavy (non-hydrogen) atoms. The molecule has 0 atom stereocenters. The number of hydrogen-bond donors (Lipinski definition) is 2. The van der Waals surface area contributed by atoms with Gasteiger partial charge in [-0.15, -0.1) is 0 Å². The van der Waals surface area contributed by atoms with Crippen molar-refractivity contribution in [2.45, 2.75) is 32.6 Å². The maximum atomic E-state index is 11.7. The summed E-state index contributed by atoms with van der Waals surface area (Å²) in [6.07, 6.45) is 3.69. The van der Waals surface area contributed by atoms with Crippen LogP contribution in [0.1, 0.15) is 38.2 Å². The molecule has 3 nitrogen and oxygen atoms in total. The SMILES string of the molecule is CCCCCC(=O)Nc1ccccc1C#CCN. The minimum atomic E-state index is 0.0467. The average molecular weight is 244 g/mol. The zero-order valence-corrected chi connectivity index (χ0v) is 10.8. The smallest absolute Gasteiger partial charge is 0.224 e. The fraction of sp³-hybridized carbons (Fsp3) is 0.400. The number of carbonyl (C=O) groups excluding carboxylic acids is 1. The second-order valence-corrected chi connectivity index (χ2v) is 4.06. The van der Waals surface area contributed by atoms with Crippen LogP contribution < -0.4 is 11.1 Å². The topological polar surface area (TPSA) is 55.1 Å². The highest BCUT2D eigenvalue weighted by Crippen LogP contribution is 2.14. The number of amides is 1. The number of nitrogens with two attached hydrogens (primary N) is 1. The number of rotatable bonds is 5. The van der Waals surface area contributed by atoms with Gasteiger partial charge in [0.05, 0.1) is 12.2 Å². The molecular formula is C15H20N2O. The summed E-state index contributed by atoms with van der Waals surface area (Å²) in [7, 11) is 0. The lowest BCUT2D eigenvalue weighted by Crippen LogP contribution is -2.12. The van der Waals surface area contributed by atoms with Crippen LogP contribution in [0, 0.1) is 11.8 Å². The van der Waals surface area contributed by atoms with E-state index in [-0.39, 0.29) is 5.91 Å². The van der Waals surface area contributed by atoms with E-state index in [0.717, 1.165) is 30.5 Å². The summed E-state index contributed by atoms with van der Waals surface area (Å²) in [6.45, 7) is 2.44. The van der Waals surface area contributed by atoms with Crippen molar-refractivity contribution < 1.29 is 4.79 Å². The van der Waals surface area contributed by atoms with E-state index in [1.807, 2.05) is 24.3 Å². The lowest BCUT2D eigenvalue weighted by molar-refractivity contribution is -0.116. The Bertz CT molecular complexity index is 443. The van der Waals surface area contributed by atoms with Crippen LogP contribution in [-0.4, -0.2) is 12.5 Å². The van der Waals surface area contributed by atoms with Gasteiger partial charge in [0, 0.05) is 12.0 Å². The molecule has 1 aromatic rings. The van der Waals surface area contributed by atoms with Gasteiger partial charge in [-0.3, -0.25) is 4.79 Å². The summed E-state index contributed by atoms with van der Waals surface area (Å²) < 4.78 is 0. The predicted molar refractivity (Wildman–Crippen MR) is 75.1 cm³/mol. The average Bonchev–Trinajstić information content (AvgIpc) is 2.38. The Kier molecular flexibility index (Phi) is 6.60. The van der Waals surface area contributed by atoms with E-state index in [1.165, 1.54) is 0 Å². The summed E-state index contributed by atoms with van der Waals surface area (Å²) >= 11 is 0. The second-order valence-electron chi connectivity index (χ2n) is 4.06. The van der Waals surface area contributed by atoms with Gasteiger partial charge in [0.1, 0.15) is 0 Å². The molecule has 0 aromatic heterocycles. The largest absolute Gasteiger partial charge is 0.325 e. The van der Waals surface area contributed by atoms with Crippen LogP contribution in [-0.2, 0) is 4.79 Å². The molecule has 0 saturated heterocycles. The Morgan fingerprint density at radius 3 is 2.83 bits per heavy atom. The number of hydrogen-bond acceptors (Lipinski definition) is 2. The van der Waals surface area contributed by atoms with E-state index in [1.54, 1.807) is 0 Å². The third-order valence-corrected chi connectivity index (χ3v) is 2.53. The summed E-state index contributed by atoms with van der Waals surface area (Å²) in [4.78, 5) is 11.7. The first-order valence-electron chi connectivity index (χ1n) is 6.35. The molecule has 0 aliphatic heterocycles. The number of carbonyl (C=O) groups is 1. The molecule has 0 heterocycles. The predicted octanol–water partition coefficient (Wildman–Crippen LogP) is 2.52. The van der Waals surface area contributed by atoms with E-state index < -0.39 is 0 Å². The number of para-hydroxylation sites is 1. The highest BCUT2D eigenvalue weighted by molar-refractivity contribution is 5.92. The Hall–Kier alpha value is -1.79. The second kappa shape index (κ2) is 8.32. The Morgan fingerprint density at radius 1 is 1.33 bits per heavy atom. The van der Waals surface area contributed by atoms with Crippen LogP contribution in [0.25, 0.3) is 0 Å². The van der Waals surface area contributed by atoms with Gasteiger partial charge in [0.15, 0.2) is 0 Å². The van der Waals surface area contributed by atoms with Gasteiger partial charge in [0.2, 0.25) is 5.91 Å². The molecule has 1 rings (SSSR count). The zero-order chi connectivity index (χ0) is 13.2. The van der Waals surface area contributed by atoms with Gasteiger partial charge in [-0.25, -0.2) is 0 Å². The third kappa shape index (κ3) is 5.03. The molecule has 1 amide bonds. The molecule has 0 radical (unpaired) electrons. The van der Waals surface area contributed by atoms with Crippen LogP contribution >= 0.6 is 0 Å². The van der Waals surface area contributed by atoms with Crippen molar-refractivity contribution in [3.8, 4) is 11.8 Å². The van der Waals surface area contributed by atoms with E-state index in [0.29, 0.717) is 13.0 Å². The highest BCUT2D eigenvalue weighted by atomic mass is 16.1. The summed E-state index contributed by atoms with van der Waals surface area (Å²) in [6, 6.07) is 7.52. The van der Waals surface area contributed by atoms with E-state index in [9.17, 15) is 4.79 Å². The van der Waals surface area contributed by atoms with E-state index in [4.69, 9.17) is 5.73 Å². The fourth-order valence-corrected chi connectivity index (χ4v) is 1.60. The van der Waals surface area contributed by atoms with Crippen LogP contribution in [0.3, 0.4) is 0 Å². The van der Waals surface area contributed by atoms with Crippen molar-refractivity contribution in [3.05, 3.63) is 29.8 Å². The van der Waals surface area contributed by atoms with Crippen molar-refractivity contribution >= 4 is 11.6 Å². The van der Waals surface area contributed by atoms with Gasteiger partial charge < -0.3 is 11.1 Å². The maximum absolute atomic E-state index is 11.7. The molecule has 96 valence electrons. The molecule has 0 aliphatic carbocycles. The molecule has 0 fully saturated rings. The van der Waals surface area contributed by atoms with E-state index in [2.05, 4.69) is 24.1 Å². The van der Waals surface area contributed by atoms with Gasteiger partial charge >= 0.3 is 0 Å². The van der Waals surface area contributed by atoms with Crippen molar-refractivity contribution in [3.63, 3.8) is 0 Å². The fourth-order valence-electron chi connectivity index (χ4n) is 1.60. The van der Waals surface area contributed by atoms with Crippen LogP contribution in [0.5, 0.6) is 0 Å². The molecular weight excluding hydrogens is 224 g/mol. The monoisotopic (exact) mass is 244 g/mol. The highest BCUT2D eigenvalue weighted by Gasteiger charge is 2.04. The first-order chi connectivity index (χ1) is 8.77. The van der Waals surface area contributed by atoms with Gasteiger partial charge in [-0.1, -0.05) is 43.7 Å². The minimum Gasteiger partial charge on any atom is -0.325 e. The first-order valence-corrected chi connectivity index (χ1v) is 6.35. The number of nitrogens with one attached hydrogen (secondary N) is 1. The molecule has 3 heteroatoms. The van der Waals surface area contributed by atoms with Crippen LogP contribution in [0.15, 0.2) is 24.3 Å². The van der Waals surface area contributed by atoms with Crippen molar-refractivity contribution in [1.29, 1.82) is 0 Å². The Morgan fingerprint density at radius 2 is 2.11 bits per heavy atom. The first kappa shape index (κ1) is 14.3. The van der Waals surface area contributed by atoms with Crippen molar-refractivity contribution in [1.82, 2.24) is 0 Å². The standard InChI is InChI=1S/C15H20N2O/c1-2-3-4-11-15(18)17-14-10-6-5-8-13(14)9-7-12-16/h5-6,8,10H,2-4,11-12,16H2,1H3,(H,17,18). The number of benzene rings is 1. The molecule has 0 bridgehead atoms. The molecule has 0 aliphatic rings. The number of anilines is 1. The molecule has 3 N–H and O–H groups in total. The van der Waals surface area contributed by atoms with Crippen LogP contribution in [0.2, 0.25) is 0 Å². The van der Waals surface area contributed by atoms with Gasteiger partial charge in [-0.05, 0) is 18.6 Å². The van der Waals surface area contributed by atoms with Gasteiger partial charge in [0.25, 0.3) is 0 Å². The normalized spacial score (nSPS) is 9.44. The summed E-state index contributed by atoms with van der Waals surface area (Å²) in [5, 5.41) is 2.90. The van der Waals surface area contributed by atoms with E-state index >= 15 is 0 Å². The molecule has 0 saturated carbocycles. The maximum Gasteiger partial charge on any atom is 0.224 e. The molecule has 0 spiro atoms. The van der Waals surface area contributed by atoms with Gasteiger partial charge in [-0.2, -0.15) is 0 Å². The van der Waals surface area contributed by atoms with Crippen molar-refractivity contribution in [2.75, 3.05) is 11.9 Å². The molecule has 0 unspecified atom stereocenters. The quantitative estimate of drug-likeness (QED) is 0.617. The van der Waals surface area contributed by atoms with Crippen LogP contribution in [0.4, 0.5) is 5.69 Å². The number of unbranched alkanes of at least 4 members (excludes halogenated alkanes) is 2.